The second kappa shape index (κ2) is 8.39. The van der Waals surface area contributed by atoms with Gasteiger partial charge in [0.25, 0.3) is 0 Å². The van der Waals surface area contributed by atoms with E-state index >= 15 is 0 Å². The van der Waals surface area contributed by atoms with Crippen molar-refractivity contribution in [3.05, 3.63) is 51.8 Å². The number of carbonyl (C=O) groups excluding carboxylic acids is 1. The Labute approximate surface area is 170 Å². The quantitative estimate of drug-likeness (QED) is 0.659. The Bertz CT molecular complexity index is 921. The molecule has 0 bridgehead atoms. The number of nitrogens with zero attached hydrogens (tertiary/aromatic N) is 2. The number of aromatic nitrogens is 1. The summed E-state index contributed by atoms with van der Waals surface area (Å²) in [6.45, 7) is 2.95. The van der Waals surface area contributed by atoms with Crippen LogP contribution in [0.25, 0.3) is 9.88 Å². The number of anilines is 2. The zero-order valence-corrected chi connectivity index (χ0v) is 16.9. The lowest BCUT2D eigenvalue weighted by atomic mass is 10.2. The van der Waals surface area contributed by atoms with Crippen molar-refractivity contribution >= 4 is 51.6 Å². The fourth-order valence-electron chi connectivity index (χ4n) is 2.95. The first-order chi connectivity index (χ1) is 13.2. The Balaban J connectivity index is 1.47. The summed E-state index contributed by atoms with van der Waals surface area (Å²) in [4.78, 5) is 20.5. The van der Waals surface area contributed by atoms with Crippen LogP contribution in [-0.2, 0) is 16.0 Å². The number of benzene rings is 1. The lowest BCUT2D eigenvalue weighted by molar-refractivity contribution is -0.115. The SMILES string of the molecule is O=C(Cc1csc(-c2cccs2)n1)Nc1cc(Cl)ccc1N1CCOCC1. The molecule has 1 N–H and O–H groups in total. The minimum absolute atomic E-state index is 0.102. The predicted octanol–water partition coefficient (Wildman–Crippen LogP) is 4.54. The van der Waals surface area contributed by atoms with Crippen LogP contribution in [0.5, 0.6) is 0 Å². The summed E-state index contributed by atoms with van der Waals surface area (Å²) in [5.74, 6) is -0.102. The maximum atomic E-state index is 12.6. The van der Waals surface area contributed by atoms with E-state index in [1.807, 2.05) is 35.0 Å². The van der Waals surface area contributed by atoms with E-state index in [9.17, 15) is 4.79 Å². The van der Waals surface area contributed by atoms with Gasteiger partial charge in [-0.2, -0.15) is 0 Å². The number of ether oxygens (including phenoxy) is 1. The molecule has 1 amide bonds. The third-order valence-electron chi connectivity index (χ3n) is 4.21. The van der Waals surface area contributed by atoms with Gasteiger partial charge in [0.1, 0.15) is 5.01 Å². The molecule has 0 saturated carbocycles. The van der Waals surface area contributed by atoms with Gasteiger partial charge in [0.15, 0.2) is 0 Å². The molecule has 0 unspecified atom stereocenters. The van der Waals surface area contributed by atoms with Gasteiger partial charge >= 0.3 is 0 Å². The molecule has 0 atom stereocenters. The standard InChI is InChI=1S/C19H18ClN3O2S2/c20-13-3-4-16(23-5-7-25-8-6-23)15(10-13)22-18(24)11-14-12-27-19(21-14)17-2-1-9-26-17/h1-4,9-10,12H,5-8,11H2,(H,22,24). The molecule has 1 aliphatic heterocycles. The lowest BCUT2D eigenvalue weighted by Crippen LogP contribution is -2.36. The molecule has 8 heteroatoms. The summed E-state index contributed by atoms with van der Waals surface area (Å²) in [5, 5.41) is 8.51. The van der Waals surface area contributed by atoms with E-state index < -0.39 is 0 Å². The number of rotatable bonds is 5. The molecule has 3 heterocycles. The van der Waals surface area contributed by atoms with Crippen molar-refractivity contribution in [3.63, 3.8) is 0 Å². The summed E-state index contributed by atoms with van der Waals surface area (Å²) in [5.41, 5.74) is 2.47. The second-order valence-corrected chi connectivity index (χ2v) is 8.35. The summed E-state index contributed by atoms with van der Waals surface area (Å²) in [6, 6.07) is 9.62. The van der Waals surface area contributed by atoms with Gasteiger partial charge in [0.2, 0.25) is 5.91 Å². The minimum Gasteiger partial charge on any atom is -0.378 e. The summed E-state index contributed by atoms with van der Waals surface area (Å²) in [7, 11) is 0. The minimum atomic E-state index is -0.102. The molecule has 2 aromatic heterocycles. The Morgan fingerprint density at radius 2 is 2.11 bits per heavy atom. The van der Waals surface area contributed by atoms with Gasteiger partial charge in [0, 0.05) is 23.5 Å². The Morgan fingerprint density at radius 3 is 2.89 bits per heavy atom. The highest BCUT2D eigenvalue weighted by atomic mass is 35.5. The predicted molar refractivity (Wildman–Crippen MR) is 112 cm³/mol. The summed E-state index contributed by atoms with van der Waals surface area (Å²) >= 11 is 9.36. The van der Waals surface area contributed by atoms with E-state index in [0.717, 1.165) is 40.0 Å². The van der Waals surface area contributed by atoms with Gasteiger partial charge in [-0.05, 0) is 29.6 Å². The second-order valence-electron chi connectivity index (χ2n) is 6.11. The van der Waals surface area contributed by atoms with Crippen LogP contribution in [0.1, 0.15) is 5.69 Å². The third-order valence-corrected chi connectivity index (χ3v) is 6.38. The number of nitrogens with one attached hydrogen (secondary N) is 1. The van der Waals surface area contributed by atoms with Crippen LogP contribution >= 0.6 is 34.3 Å². The molecule has 1 fully saturated rings. The highest BCUT2D eigenvalue weighted by Gasteiger charge is 2.17. The van der Waals surface area contributed by atoms with Gasteiger partial charge in [-0.3, -0.25) is 4.79 Å². The van der Waals surface area contributed by atoms with Crippen molar-refractivity contribution in [2.45, 2.75) is 6.42 Å². The number of morpholine rings is 1. The van der Waals surface area contributed by atoms with Crippen molar-refractivity contribution in [3.8, 4) is 9.88 Å². The van der Waals surface area contributed by atoms with Crippen molar-refractivity contribution < 1.29 is 9.53 Å². The number of thiazole rings is 1. The van der Waals surface area contributed by atoms with Gasteiger partial charge in [0.05, 0.1) is 41.6 Å². The maximum absolute atomic E-state index is 12.6. The Kier molecular flexibility index (Phi) is 5.73. The number of halogens is 1. The van der Waals surface area contributed by atoms with Crippen LogP contribution in [-0.4, -0.2) is 37.2 Å². The first kappa shape index (κ1) is 18.4. The van der Waals surface area contributed by atoms with Gasteiger partial charge in [-0.1, -0.05) is 17.7 Å². The van der Waals surface area contributed by atoms with E-state index in [2.05, 4.69) is 15.2 Å². The molecule has 4 rings (SSSR count). The molecular weight excluding hydrogens is 402 g/mol. The van der Waals surface area contributed by atoms with Crippen LogP contribution in [0.3, 0.4) is 0 Å². The number of thiophene rings is 1. The first-order valence-corrected chi connectivity index (χ1v) is 10.7. The monoisotopic (exact) mass is 419 g/mol. The lowest BCUT2D eigenvalue weighted by Gasteiger charge is -2.30. The zero-order valence-electron chi connectivity index (χ0n) is 14.5. The normalized spacial score (nSPS) is 14.3. The smallest absolute Gasteiger partial charge is 0.230 e. The molecule has 0 radical (unpaired) electrons. The zero-order chi connectivity index (χ0) is 18.6. The van der Waals surface area contributed by atoms with E-state index in [4.69, 9.17) is 16.3 Å². The van der Waals surface area contributed by atoms with E-state index in [1.54, 1.807) is 28.7 Å². The maximum Gasteiger partial charge on any atom is 0.230 e. The van der Waals surface area contributed by atoms with Crippen LogP contribution in [0, 0.1) is 0 Å². The molecule has 1 aliphatic rings. The van der Waals surface area contributed by atoms with Crippen molar-refractivity contribution in [2.24, 2.45) is 0 Å². The molecule has 0 spiro atoms. The van der Waals surface area contributed by atoms with Gasteiger partial charge in [-0.15, -0.1) is 22.7 Å². The number of hydrogen-bond acceptors (Lipinski definition) is 6. The number of hydrogen-bond donors (Lipinski definition) is 1. The fraction of sp³-hybridized carbons (Fsp3) is 0.263. The molecule has 3 aromatic rings. The largest absolute Gasteiger partial charge is 0.378 e. The van der Waals surface area contributed by atoms with Crippen molar-refractivity contribution in [1.29, 1.82) is 0 Å². The number of carbonyl (C=O) groups is 1. The molecular formula is C19H18ClN3O2S2. The average Bonchev–Trinajstić information content (AvgIpc) is 3.34. The molecule has 27 heavy (non-hydrogen) atoms. The van der Waals surface area contributed by atoms with Crippen LogP contribution in [0.4, 0.5) is 11.4 Å². The van der Waals surface area contributed by atoms with E-state index in [1.165, 1.54) is 0 Å². The van der Waals surface area contributed by atoms with Crippen LogP contribution in [0.15, 0.2) is 41.1 Å². The van der Waals surface area contributed by atoms with Crippen molar-refractivity contribution in [1.82, 2.24) is 4.98 Å². The Hall–Kier alpha value is -1.93. The first-order valence-electron chi connectivity index (χ1n) is 8.59. The molecule has 5 nitrogen and oxygen atoms in total. The van der Waals surface area contributed by atoms with Crippen LogP contribution < -0.4 is 10.2 Å². The summed E-state index contributed by atoms with van der Waals surface area (Å²) in [6.07, 6.45) is 0.233. The Morgan fingerprint density at radius 1 is 1.26 bits per heavy atom. The highest BCUT2D eigenvalue weighted by Crippen LogP contribution is 2.31. The van der Waals surface area contributed by atoms with Crippen molar-refractivity contribution in [2.75, 3.05) is 36.5 Å². The topological polar surface area (TPSA) is 54.5 Å². The van der Waals surface area contributed by atoms with E-state index in [-0.39, 0.29) is 12.3 Å². The van der Waals surface area contributed by atoms with E-state index in [0.29, 0.717) is 18.2 Å². The fourth-order valence-corrected chi connectivity index (χ4v) is 4.75. The average molecular weight is 420 g/mol. The van der Waals surface area contributed by atoms with Crippen LogP contribution in [0.2, 0.25) is 5.02 Å². The molecule has 140 valence electrons. The highest BCUT2D eigenvalue weighted by molar-refractivity contribution is 7.20. The molecule has 1 aromatic carbocycles. The summed E-state index contributed by atoms with van der Waals surface area (Å²) < 4.78 is 5.42. The number of amides is 1. The third kappa shape index (κ3) is 4.50. The van der Waals surface area contributed by atoms with Gasteiger partial charge < -0.3 is 15.0 Å². The van der Waals surface area contributed by atoms with Gasteiger partial charge in [-0.25, -0.2) is 4.98 Å². The molecule has 1 saturated heterocycles. The molecule has 0 aliphatic carbocycles.